The summed E-state index contributed by atoms with van der Waals surface area (Å²) in [5.74, 6) is 0.324. The van der Waals surface area contributed by atoms with Crippen molar-refractivity contribution in [3.63, 3.8) is 0 Å². The second-order valence-electron chi connectivity index (χ2n) is 6.80. The quantitative estimate of drug-likeness (QED) is 0.788. The van der Waals surface area contributed by atoms with Gasteiger partial charge in [0.15, 0.2) is 0 Å². The van der Waals surface area contributed by atoms with Crippen LogP contribution in [-0.2, 0) is 0 Å². The van der Waals surface area contributed by atoms with Crippen molar-refractivity contribution in [1.29, 1.82) is 0 Å². The molecule has 0 aliphatic carbocycles. The predicted molar refractivity (Wildman–Crippen MR) is 96.5 cm³/mol. The second-order valence-corrected chi connectivity index (χ2v) is 6.80. The third-order valence-electron chi connectivity index (χ3n) is 5.17. The van der Waals surface area contributed by atoms with Gasteiger partial charge in [0.05, 0.1) is 5.69 Å². The molecular formula is C17H24FN7. The van der Waals surface area contributed by atoms with Crippen LogP contribution in [0.15, 0.2) is 18.2 Å². The van der Waals surface area contributed by atoms with Gasteiger partial charge in [-0.15, -0.1) is 5.10 Å². The van der Waals surface area contributed by atoms with Crippen molar-refractivity contribution in [2.75, 3.05) is 42.1 Å². The first-order valence-corrected chi connectivity index (χ1v) is 8.92. The van der Waals surface area contributed by atoms with Crippen molar-refractivity contribution in [3.8, 4) is 0 Å². The summed E-state index contributed by atoms with van der Waals surface area (Å²) in [6.07, 6.45) is 4.85. The molecule has 0 unspecified atom stereocenters. The number of hydrogen-bond acceptors (Lipinski definition) is 6. The summed E-state index contributed by atoms with van der Waals surface area (Å²) in [6, 6.07) is 5.81. The number of nitrogen functional groups attached to an aromatic ring is 1. The monoisotopic (exact) mass is 345 g/mol. The van der Waals surface area contributed by atoms with Gasteiger partial charge in [-0.1, -0.05) is 0 Å². The van der Waals surface area contributed by atoms with Crippen molar-refractivity contribution in [3.05, 3.63) is 24.0 Å². The van der Waals surface area contributed by atoms with E-state index in [0.29, 0.717) is 23.4 Å². The van der Waals surface area contributed by atoms with E-state index in [0.717, 1.165) is 25.9 Å². The average molecular weight is 345 g/mol. The molecule has 2 fully saturated rings. The van der Waals surface area contributed by atoms with E-state index in [1.807, 2.05) is 12.1 Å². The fourth-order valence-electron chi connectivity index (χ4n) is 3.88. The molecule has 0 amide bonds. The number of nitrogens with one attached hydrogen (secondary N) is 2. The van der Waals surface area contributed by atoms with Gasteiger partial charge in [-0.3, -0.25) is 0 Å². The molecule has 0 radical (unpaired) electrons. The molecule has 4 rings (SSSR count). The summed E-state index contributed by atoms with van der Waals surface area (Å²) in [4.78, 5) is 8.71. The van der Waals surface area contributed by atoms with E-state index in [1.54, 1.807) is 0 Å². The molecule has 2 aromatic rings. The minimum Gasteiger partial charge on any atom is -0.369 e. The first-order valence-electron chi connectivity index (χ1n) is 8.92. The van der Waals surface area contributed by atoms with Gasteiger partial charge in [0.1, 0.15) is 5.82 Å². The number of aromatic amines is 1. The molecule has 2 saturated heterocycles. The lowest BCUT2D eigenvalue weighted by Crippen LogP contribution is -2.44. The number of H-pyrrole nitrogens is 1. The number of rotatable bonds is 4. The normalized spacial score (nSPS) is 19.5. The Morgan fingerprint density at radius 2 is 1.92 bits per heavy atom. The average Bonchev–Trinajstić information content (AvgIpc) is 3.27. The highest BCUT2D eigenvalue weighted by Gasteiger charge is 2.27. The SMILES string of the molecule is Nc1nc(Nc2ccc(N3CCC(N4CCCC4)CC3)c(F)c2)n[nH]1. The predicted octanol–water partition coefficient (Wildman–Crippen LogP) is 2.33. The van der Waals surface area contributed by atoms with Crippen molar-refractivity contribution in [1.82, 2.24) is 20.1 Å². The van der Waals surface area contributed by atoms with Crippen LogP contribution in [0.1, 0.15) is 25.7 Å². The van der Waals surface area contributed by atoms with Gasteiger partial charge in [-0.05, 0) is 57.0 Å². The Morgan fingerprint density at radius 1 is 1.16 bits per heavy atom. The summed E-state index contributed by atoms with van der Waals surface area (Å²) in [7, 11) is 0. The Labute approximate surface area is 146 Å². The van der Waals surface area contributed by atoms with Crippen LogP contribution in [0, 0.1) is 5.82 Å². The second kappa shape index (κ2) is 6.87. The molecule has 0 bridgehead atoms. The van der Waals surface area contributed by atoms with Crippen molar-refractivity contribution >= 4 is 23.3 Å². The van der Waals surface area contributed by atoms with Crippen molar-refractivity contribution < 1.29 is 4.39 Å². The Bertz CT molecular complexity index is 718. The Hall–Kier alpha value is -2.35. The molecule has 0 saturated carbocycles. The molecule has 0 spiro atoms. The van der Waals surface area contributed by atoms with Gasteiger partial charge in [0, 0.05) is 24.8 Å². The highest BCUT2D eigenvalue weighted by Crippen LogP contribution is 2.28. The molecule has 0 atom stereocenters. The summed E-state index contributed by atoms with van der Waals surface area (Å²) in [5.41, 5.74) is 6.76. The summed E-state index contributed by atoms with van der Waals surface area (Å²) in [5, 5.41) is 9.37. The number of aromatic nitrogens is 3. The largest absolute Gasteiger partial charge is 0.369 e. The first-order chi connectivity index (χ1) is 12.2. The van der Waals surface area contributed by atoms with Crippen molar-refractivity contribution in [2.45, 2.75) is 31.7 Å². The Balaban J connectivity index is 1.39. The van der Waals surface area contributed by atoms with Crippen LogP contribution < -0.4 is 16.0 Å². The molecule has 4 N–H and O–H groups in total. The van der Waals surface area contributed by atoms with Crippen LogP contribution in [-0.4, -0.2) is 52.3 Å². The lowest BCUT2D eigenvalue weighted by Gasteiger charge is -2.37. The molecular weight excluding hydrogens is 321 g/mol. The molecule has 3 heterocycles. The molecule has 1 aromatic carbocycles. The van der Waals surface area contributed by atoms with E-state index in [9.17, 15) is 4.39 Å². The van der Waals surface area contributed by atoms with E-state index >= 15 is 0 Å². The van der Waals surface area contributed by atoms with E-state index in [-0.39, 0.29) is 11.8 Å². The van der Waals surface area contributed by atoms with Crippen LogP contribution in [0.25, 0.3) is 0 Å². The van der Waals surface area contributed by atoms with Gasteiger partial charge in [-0.2, -0.15) is 4.98 Å². The minimum absolute atomic E-state index is 0.223. The van der Waals surface area contributed by atoms with E-state index in [1.165, 1.54) is 32.0 Å². The van der Waals surface area contributed by atoms with Gasteiger partial charge < -0.3 is 20.9 Å². The van der Waals surface area contributed by atoms with E-state index in [2.05, 4.69) is 30.3 Å². The lowest BCUT2D eigenvalue weighted by molar-refractivity contribution is 0.207. The third-order valence-corrected chi connectivity index (χ3v) is 5.17. The van der Waals surface area contributed by atoms with E-state index < -0.39 is 0 Å². The Morgan fingerprint density at radius 3 is 2.56 bits per heavy atom. The van der Waals surface area contributed by atoms with E-state index in [4.69, 9.17) is 5.73 Å². The number of nitrogens with two attached hydrogens (primary N) is 1. The van der Waals surface area contributed by atoms with Crippen LogP contribution >= 0.6 is 0 Å². The zero-order chi connectivity index (χ0) is 17.2. The maximum Gasteiger partial charge on any atom is 0.248 e. The molecule has 7 nitrogen and oxygen atoms in total. The number of benzene rings is 1. The van der Waals surface area contributed by atoms with Crippen LogP contribution in [0.4, 0.5) is 27.7 Å². The number of piperidine rings is 1. The van der Waals surface area contributed by atoms with Crippen LogP contribution in [0.5, 0.6) is 0 Å². The minimum atomic E-state index is -0.229. The first kappa shape index (κ1) is 16.1. The number of halogens is 1. The van der Waals surface area contributed by atoms with Crippen LogP contribution in [0.3, 0.4) is 0 Å². The van der Waals surface area contributed by atoms with Crippen molar-refractivity contribution in [2.24, 2.45) is 0 Å². The Kier molecular flexibility index (Phi) is 4.44. The highest BCUT2D eigenvalue weighted by atomic mass is 19.1. The maximum atomic E-state index is 14.6. The molecule has 8 heteroatoms. The standard InChI is InChI=1S/C17H24FN7/c18-14-11-12(20-17-21-16(19)22-23-17)3-4-15(14)25-9-5-13(6-10-25)24-7-1-2-8-24/h3-4,11,13H,1-2,5-10H2,(H4,19,20,21,22,23). The summed E-state index contributed by atoms with van der Waals surface area (Å²) >= 11 is 0. The van der Waals surface area contributed by atoms with Gasteiger partial charge in [-0.25, -0.2) is 9.49 Å². The smallest absolute Gasteiger partial charge is 0.248 e. The molecule has 2 aliphatic rings. The third kappa shape index (κ3) is 3.53. The lowest BCUT2D eigenvalue weighted by atomic mass is 10.0. The zero-order valence-corrected chi connectivity index (χ0v) is 14.2. The van der Waals surface area contributed by atoms with Crippen LogP contribution in [0.2, 0.25) is 0 Å². The summed E-state index contributed by atoms with van der Waals surface area (Å²) < 4.78 is 14.6. The van der Waals surface area contributed by atoms with Gasteiger partial charge in [0.25, 0.3) is 0 Å². The fourth-order valence-corrected chi connectivity index (χ4v) is 3.88. The van der Waals surface area contributed by atoms with Gasteiger partial charge >= 0.3 is 0 Å². The number of hydrogen-bond donors (Lipinski definition) is 3. The number of likely N-dealkylation sites (tertiary alicyclic amines) is 1. The molecule has 134 valence electrons. The molecule has 1 aromatic heterocycles. The maximum absolute atomic E-state index is 14.6. The van der Waals surface area contributed by atoms with Gasteiger partial charge in [0.2, 0.25) is 11.9 Å². The topological polar surface area (TPSA) is 86.1 Å². The highest BCUT2D eigenvalue weighted by molar-refractivity contribution is 5.60. The fraction of sp³-hybridized carbons (Fsp3) is 0.529. The number of anilines is 4. The summed E-state index contributed by atoms with van der Waals surface area (Å²) in [6.45, 7) is 4.26. The molecule has 25 heavy (non-hydrogen) atoms. The zero-order valence-electron chi connectivity index (χ0n) is 14.2. The number of nitrogens with zero attached hydrogens (tertiary/aromatic N) is 4. The molecule has 2 aliphatic heterocycles.